The first kappa shape index (κ1) is 18.8. The number of nitrogens with two attached hydrogens (primary N) is 1. The van der Waals surface area contributed by atoms with E-state index in [-0.39, 0.29) is 11.6 Å². The smallest absolute Gasteiger partial charge is 0.241 e. The summed E-state index contributed by atoms with van der Waals surface area (Å²) >= 11 is 1.62. The number of nitrogens with one attached hydrogen (secondary N) is 1. The van der Waals surface area contributed by atoms with Crippen LogP contribution in [0, 0.1) is 5.82 Å². The average molecular weight is 377 g/mol. The number of aromatic nitrogens is 3. The number of amides is 1. The lowest BCUT2D eigenvalue weighted by atomic mass is 10.1. The Morgan fingerprint density at radius 1 is 1.38 bits per heavy atom. The number of benzene rings is 1. The zero-order chi connectivity index (χ0) is 18.5. The van der Waals surface area contributed by atoms with Crippen molar-refractivity contribution in [3.05, 3.63) is 29.8 Å². The third-order valence-electron chi connectivity index (χ3n) is 4.56. The summed E-state index contributed by atoms with van der Waals surface area (Å²) in [5.74, 6) is 1.59. The molecule has 2 aromatic rings. The van der Waals surface area contributed by atoms with Crippen molar-refractivity contribution in [2.75, 3.05) is 17.3 Å². The first-order valence-electron chi connectivity index (χ1n) is 8.87. The normalized spacial score (nSPS) is 15.2. The Kier molecular flexibility index (Phi) is 6.26. The number of anilines is 1. The number of hydrogen-bond acceptors (Lipinski definition) is 5. The van der Waals surface area contributed by atoms with Gasteiger partial charge in [-0.1, -0.05) is 6.42 Å². The second-order valence-corrected chi connectivity index (χ2v) is 7.46. The maximum atomic E-state index is 14.2. The summed E-state index contributed by atoms with van der Waals surface area (Å²) in [4.78, 5) is 12.2. The third kappa shape index (κ3) is 4.24. The summed E-state index contributed by atoms with van der Waals surface area (Å²) < 4.78 is 16.3. The molecule has 1 atom stereocenters. The predicted molar refractivity (Wildman–Crippen MR) is 103 cm³/mol. The van der Waals surface area contributed by atoms with Crippen molar-refractivity contribution in [1.29, 1.82) is 0 Å². The first-order valence-corrected chi connectivity index (χ1v) is 10.3. The molecule has 0 spiro atoms. The van der Waals surface area contributed by atoms with Gasteiger partial charge < -0.3 is 15.6 Å². The first-order chi connectivity index (χ1) is 12.6. The fraction of sp³-hybridized carbons (Fsp3) is 0.500. The van der Waals surface area contributed by atoms with Crippen molar-refractivity contribution in [2.45, 2.75) is 44.7 Å². The number of carbonyl (C=O) groups is 1. The van der Waals surface area contributed by atoms with Crippen LogP contribution in [-0.2, 0) is 17.8 Å². The van der Waals surface area contributed by atoms with Gasteiger partial charge in [0, 0.05) is 18.5 Å². The molecule has 1 amide bonds. The van der Waals surface area contributed by atoms with Crippen LogP contribution in [0.2, 0.25) is 0 Å². The van der Waals surface area contributed by atoms with Crippen molar-refractivity contribution >= 4 is 23.4 Å². The van der Waals surface area contributed by atoms with E-state index in [1.165, 1.54) is 12.5 Å². The van der Waals surface area contributed by atoms with Crippen LogP contribution in [0.3, 0.4) is 0 Å². The zero-order valence-electron chi connectivity index (χ0n) is 14.9. The molecule has 26 heavy (non-hydrogen) atoms. The largest absolute Gasteiger partial charge is 0.322 e. The lowest BCUT2D eigenvalue weighted by Crippen LogP contribution is -2.36. The predicted octanol–water partition coefficient (Wildman–Crippen LogP) is 2.83. The van der Waals surface area contributed by atoms with E-state index in [0.29, 0.717) is 12.2 Å². The van der Waals surface area contributed by atoms with Gasteiger partial charge in [-0.05, 0) is 49.5 Å². The Balaban J connectivity index is 1.82. The fourth-order valence-electron chi connectivity index (χ4n) is 3.06. The molecular formula is C18H24FN5OS. The lowest BCUT2D eigenvalue weighted by molar-refractivity contribution is -0.117. The SMILES string of the molecule is CSCC[C@H](N)C(=O)Nc1cc(-c2nnc3n2CCCCC3)ccc1F. The molecule has 1 aliphatic rings. The summed E-state index contributed by atoms with van der Waals surface area (Å²) in [6.07, 6.45) is 6.76. The summed E-state index contributed by atoms with van der Waals surface area (Å²) in [7, 11) is 0. The quantitative estimate of drug-likeness (QED) is 0.808. The number of carbonyl (C=O) groups excluding carboxylic acids is 1. The number of hydrogen-bond donors (Lipinski definition) is 2. The summed E-state index contributed by atoms with van der Waals surface area (Å²) in [6.45, 7) is 0.857. The highest BCUT2D eigenvalue weighted by molar-refractivity contribution is 7.98. The number of halogens is 1. The van der Waals surface area contributed by atoms with Crippen LogP contribution >= 0.6 is 11.8 Å². The maximum absolute atomic E-state index is 14.2. The van der Waals surface area contributed by atoms with Gasteiger partial charge in [0.2, 0.25) is 5.91 Å². The number of rotatable bonds is 6. The van der Waals surface area contributed by atoms with Crippen LogP contribution in [0.1, 0.15) is 31.5 Å². The molecule has 1 aliphatic heterocycles. The number of thioether (sulfide) groups is 1. The van der Waals surface area contributed by atoms with E-state index in [4.69, 9.17) is 5.73 Å². The van der Waals surface area contributed by atoms with Gasteiger partial charge in [0.1, 0.15) is 11.6 Å². The molecule has 1 aromatic carbocycles. The zero-order valence-corrected chi connectivity index (χ0v) is 15.7. The van der Waals surface area contributed by atoms with Crippen molar-refractivity contribution in [3.8, 4) is 11.4 Å². The molecule has 0 aliphatic carbocycles. The van der Waals surface area contributed by atoms with Gasteiger partial charge in [-0.25, -0.2) is 4.39 Å². The van der Waals surface area contributed by atoms with Crippen LogP contribution in [0.15, 0.2) is 18.2 Å². The second-order valence-electron chi connectivity index (χ2n) is 6.47. The van der Waals surface area contributed by atoms with E-state index >= 15 is 0 Å². The summed E-state index contributed by atoms with van der Waals surface area (Å²) in [6, 6.07) is 3.96. The highest BCUT2D eigenvalue weighted by Crippen LogP contribution is 2.26. The highest BCUT2D eigenvalue weighted by atomic mass is 32.2. The van der Waals surface area contributed by atoms with Gasteiger partial charge in [-0.2, -0.15) is 11.8 Å². The Morgan fingerprint density at radius 2 is 2.23 bits per heavy atom. The van der Waals surface area contributed by atoms with Crippen LogP contribution in [-0.4, -0.2) is 38.7 Å². The van der Waals surface area contributed by atoms with E-state index in [0.717, 1.165) is 42.9 Å². The topological polar surface area (TPSA) is 85.8 Å². The van der Waals surface area contributed by atoms with Crippen molar-refractivity contribution in [2.24, 2.45) is 5.73 Å². The van der Waals surface area contributed by atoms with Gasteiger partial charge in [-0.15, -0.1) is 10.2 Å². The van der Waals surface area contributed by atoms with E-state index in [2.05, 4.69) is 20.1 Å². The molecule has 3 rings (SSSR count). The molecule has 0 unspecified atom stereocenters. The lowest BCUT2D eigenvalue weighted by Gasteiger charge is -2.13. The van der Waals surface area contributed by atoms with Gasteiger partial charge >= 0.3 is 0 Å². The van der Waals surface area contributed by atoms with Crippen molar-refractivity contribution in [3.63, 3.8) is 0 Å². The van der Waals surface area contributed by atoms with Crippen LogP contribution in [0.25, 0.3) is 11.4 Å². The maximum Gasteiger partial charge on any atom is 0.241 e. The molecule has 0 saturated heterocycles. The number of aryl methyl sites for hydroxylation is 1. The molecular weight excluding hydrogens is 353 g/mol. The van der Waals surface area contributed by atoms with Gasteiger partial charge in [0.25, 0.3) is 0 Å². The van der Waals surface area contributed by atoms with Crippen LogP contribution in [0.4, 0.5) is 10.1 Å². The van der Waals surface area contributed by atoms with Crippen LogP contribution in [0.5, 0.6) is 0 Å². The summed E-state index contributed by atoms with van der Waals surface area (Å²) in [5, 5.41) is 11.2. The second kappa shape index (κ2) is 8.64. The minimum Gasteiger partial charge on any atom is -0.322 e. The van der Waals surface area contributed by atoms with Gasteiger partial charge in [0.15, 0.2) is 5.82 Å². The van der Waals surface area contributed by atoms with E-state index < -0.39 is 11.9 Å². The van der Waals surface area contributed by atoms with E-state index in [1.807, 2.05) is 6.26 Å². The molecule has 2 heterocycles. The molecule has 8 heteroatoms. The summed E-state index contributed by atoms with van der Waals surface area (Å²) in [5.41, 5.74) is 6.73. The van der Waals surface area contributed by atoms with Crippen molar-refractivity contribution in [1.82, 2.24) is 14.8 Å². The molecule has 0 fully saturated rings. The number of fused-ring (bicyclic) bond motifs is 1. The Bertz CT molecular complexity index is 779. The molecule has 140 valence electrons. The molecule has 0 bridgehead atoms. The van der Waals surface area contributed by atoms with Crippen molar-refractivity contribution < 1.29 is 9.18 Å². The Morgan fingerprint density at radius 3 is 3.04 bits per heavy atom. The monoisotopic (exact) mass is 377 g/mol. The molecule has 3 N–H and O–H groups in total. The standard InChI is InChI=1S/C18H24FN5OS/c1-26-10-8-14(20)18(25)21-15-11-12(6-7-13(15)19)17-23-22-16-5-3-2-4-9-24(16)17/h6-7,11,14H,2-5,8-10,20H2,1H3,(H,21,25)/t14-/m0/s1. The average Bonchev–Trinajstić information content (AvgIpc) is 2.89. The molecule has 0 saturated carbocycles. The highest BCUT2D eigenvalue weighted by Gasteiger charge is 2.19. The Hall–Kier alpha value is -1.93. The third-order valence-corrected chi connectivity index (χ3v) is 5.21. The Labute approximate surface area is 156 Å². The van der Waals surface area contributed by atoms with Crippen LogP contribution < -0.4 is 11.1 Å². The molecule has 0 radical (unpaired) electrons. The number of nitrogens with zero attached hydrogens (tertiary/aromatic N) is 3. The van der Waals surface area contributed by atoms with E-state index in [1.54, 1.807) is 23.9 Å². The van der Waals surface area contributed by atoms with Gasteiger partial charge in [0.05, 0.1) is 11.7 Å². The molecule has 1 aromatic heterocycles. The van der Waals surface area contributed by atoms with E-state index in [9.17, 15) is 9.18 Å². The minimum absolute atomic E-state index is 0.123. The minimum atomic E-state index is -0.658. The van der Waals surface area contributed by atoms with Gasteiger partial charge in [-0.3, -0.25) is 4.79 Å². The fourth-order valence-corrected chi connectivity index (χ4v) is 3.55. The molecule has 6 nitrogen and oxygen atoms in total.